The molecule has 4 N–H and O–H groups in total. The maximum Gasteiger partial charge on any atom is 0.258 e. The highest BCUT2D eigenvalue weighted by atomic mass is 32.1. The summed E-state index contributed by atoms with van der Waals surface area (Å²) >= 11 is 1.32. The summed E-state index contributed by atoms with van der Waals surface area (Å²) in [6, 6.07) is 5.48. The van der Waals surface area contributed by atoms with Crippen LogP contribution in [0.1, 0.15) is 9.67 Å². The first kappa shape index (κ1) is 10.7. The first-order valence-corrected chi connectivity index (χ1v) is 6.02. The van der Waals surface area contributed by atoms with Crippen molar-refractivity contribution < 1.29 is 4.79 Å². The van der Waals surface area contributed by atoms with E-state index in [0.29, 0.717) is 10.5 Å². The Hall–Kier alpha value is -2.41. The quantitative estimate of drug-likeness (QED) is 0.720. The molecule has 0 bridgehead atoms. The van der Waals surface area contributed by atoms with Crippen molar-refractivity contribution in [3.63, 3.8) is 0 Å². The van der Waals surface area contributed by atoms with Crippen molar-refractivity contribution in [2.75, 3.05) is 5.73 Å². The minimum Gasteiger partial charge on any atom is -0.366 e. The lowest BCUT2D eigenvalue weighted by molar-refractivity contribution is 0.100. The van der Waals surface area contributed by atoms with Gasteiger partial charge in [-0.1, -0.05) is 0 Å². The van der Waals surface area contributed by atoms with Crippen LogP contribution in [0.5, 0.6) is 0 Å². The van der Waals surface area contributed by atoms with Crippen LogP contribution in [-0.2, 0) is 0 Å². The zero-order chi connectivity index (χ0) is 12.7. The second kappa shape index (κ2) is 3.81. The van der Waals surface area contributed by atoms with E-state index in [-0.39, 0.29) is 5.95 Å². The standard InChI is InChI=1S/C11H9N5OS/c12-10(17)8-3-7(5-18-8)6-1-2-9-14-11(13)15-16(9)4-6/h1-5H,(H2,12,17)(H2,13,15). The molecule has 3 aromatic rings. The molecule has 0 saturated carbocycles. The smallest absolute Gasteiger partial charge is 0.258 e. The van der Waals surface area contributed by atoms with E-state index in [2.05, 4.69) is 10.1 Å². The number of nitrogens with zero attached hydrogens (tertiary/aromatic N) is 3. The van der Waals surface area contributed by atoms with Gasteiger partial charge in [0.15, 0.2) is 5.65 Å². The Balaban J connectivity index is 2.09. The van der Waals surface area contributed by atoms with E-state index in [1.807, 2.05) is 23.7 Å². The van der Waals surface area contributed by atoms with Gasteiger partial charge in [-0.2, -0.15) is 4.98 Å². The molecule has 1 amide bonds. The van der Waals surface area contributed by atoms with Crippen LogP contribution >= 0.6 is 11.3 Å². The summed E-state index contributed by atoms with van der Waals surface area (Å²) in [7, 11) is 0. The number of nitrogens with two attached hydrogens (primary N) is 2. The van der Waals surface area contributed by atoms with Crippen LogP contribution in [0.25, 0.3) is 16.8 Å². The Bertz CT molecular complexity index is 745. The van der Waals surface area contributed by atoms with Gasteiger partial charge in [-0.15, -0.1) is 16.4 Å². The molecule has 0 spiro atoms. The number of amides is 1. The van der Waals surface area contributed by atoms with E-state index in [0.717, 1.165) is 11.1 Å². The van der Waals surface area contributed by atoms with Crippen LogP contribution in [0.3, 0.4) is 0 Å². The van der Waals surface area contributed by atoms with Crippen LogP contribution in [0.2, 0.25) is 0 Å². The number of carbonyl (C=O) groups is 1. The summed E-state index contributed by atoms with van der Waals surface area (Å²) in [5, 5.41) is 5.91. The molecule has 0 radical (unpaired) electrons. The van der Waals surface area contributed by atoms with E-state index in [1.54, 1.807) is 10.6 Å². The molecule has 0 aliphatic carbocycles. The summed E-state index contributed by atoms with van der Waals surface area (Å²) in [6.45, 7) is 0. The lowest BCUT2D eigenvalue weighted by atomic mass is 10.1. The van der Waals surface area contributed by atoms with Gasteiger partial charge in [0.25, 0.3) is 5.91 Å². The molecular formula is C11H9N5OS. The average molecular weight is 259 g/mol. The topological polar surface area (TPSA) is 99.3 Å². The van der Waals surface area contributed by atoms with E-state index in [4.69, 9.17) is 11.5 Å². The van der Waals surface area contributed by atoms with Gasteiger partial charge in [0.1, 0.15) is 0 Å². The van der Waals surface area contributed by atoms with Crippen molar-refractivity contribution in [3.05, 3.63) is 34.7 Å². The Labute approximate surface area is 106 Å². The number of rotatable bonds is 2. The molecule has 0 atom stereocenters. The average Bonchev–Trinajstić information content (AvgIpc) is 2.91. The SMILES string of the molecule is NC(=O)c1cc(-c2ccc3nc(N)nn3c2)cs1. The second-order valence-electron chi connectivity index (χ2n) is 3.75. The summed E-state index contributed by atoms with van der Waals surface area (Å²) in [5.41, 5.74) is 13.3. The van der Waals surface area contributed by atoms with Gasteiger partial charge in [0.2, 0.25) is 5.95 Å². The fraction of sp³-hybridized carbons (Fsp3) is 0. The maximum atomic E-state index is 11.0. The molecule has 18 heavy (non-hydrogen) atoms. The summed E-state index contributed by atoms with van der Waals surface area (Å²) in [6.07, 6.45) is 1.81. The van der Waals surface area contributed by atoms with Gasteiger partial charge >= 0.3 is 0 Å². The highest BCUT2D eigenvalue weighted by Gasteiger charge is 2.08. The van der Waals surface area contributed by atoms with Crippen LogP contribution in [0, 0.1) is 0 Å². The van der Waals surface area contributed by atoms with E-state index in [9.17, 15) is 4.79 Å². The predicted molar refractivity (Wildman–Crippen MR) is 69.2 cm³/mol. The predicted octanol–water partition coefficient (Wildman–Crippen LogP) is 1.14. The molecule has 7 heteroatoms. The molecule has 0 aliphatic rings. The monoisotopic (exact) mass is 259 g/mol. The number of hydrogen-bond donors (Lipinski definition) is 2. The highest BCUT2D eigenvalue weighted by molar-refractivity contribution is 7.12. The Morgan fingerprint density at radius 1 is 1.33 bits per heavy atom. The van der Waals surface area contributed by atoms with Gasteiger partial charge in [0.05, 0.1) is 4.88 Å². The molecule has 90 valence electrons. The molecule has 0 saturated heterocycles. The number of hydrogen-bond acceptors (Lipinski definition) is 5. The molecule has 3 aromatic heterocycles. The number of anilines is 1. The second-order valence-corrected chi connectivity index (χ2v) is 4.67. The van der Waals surface area contributed by atoms with Crippen molar-refractivity contribution in [1.29, 1.82) is 0 Å². The first-order valence-electron chi connectivity index (χ1n) is 5.14. The van der Waals surface area contributed by atoms with Gasteiger partial charge in [-0.05, 0) is 29.1 Å². The van der Waals surface area contributed by atoms with Crippen LogP contribution < -0.4 is 11.5 Å². The molecular weight excluding hydrogens is 250 g/mol. The van der Waals surface area contributed by atoms with Gasteiger partial charge in [-0.3, -0.25) is 4.79 Å². The molecule has 3 rings (SSSR count). The number of fused-ring (bicyclic) bond motifs is 1. The van der Waals surface area contributed by atoms with Crippen molar-refractivity contribution in [3.8, 4) is 11.1 Å². The zero-order valence-electron chi connectivity index (χ0n) is 9.20. The van der Waals surface area contributed by atoms with Crippen molar-refractivity contribution in [2.45, 2.75) is 0 Å². The molecule has 0 fully saturated rings. The largest absolute Gasteiger partial charge is 0.366 e. The Morgan fingerprint density at radius 2 is 2.17 bits per heavy atom. The highest BCUT2D eigenvalue weighted by Crippen LogP contribution is 2.25. The maximum absolute atomic E-state index is 11.0. The third-order valence-corrected chi connectivity index (χ3v) is 3.47. The molecule has 0 aromatic carbocycles. The fourth-order valence-corrected chi connectivity index (χ4v) is 2.46. The van der Waals surface area contributed by atoms with Crippen LogP contribution in [-0.4, -0.2) is 20.5 Å². The van der Waals surface area contributed by atoms with E-state index < -0.39 is 5.91 Å². The number of thiophene rings is 1. The van der Waals surface area contributed by atoms with Gasteiger partial charge < -0.3 is 11.5 Å². The number of nitrogen functional groups attached to an aromatic ring is 1. The fourth-order valence-electron chi connectivity index (χ4n) is 1.69. The first-order chi connectivity index (χ1) is 8.63. The van der Waals surface area contributed by atoms with Crippen LogP contribution in [0.4, 0.5) is 5.95 Å². The zero-order valence-corrected chi connectivity index (χ0v) is 10.0. The number of primary amides is 1. The third-order valence-electron chi connectivity index (χ3n) is 2.52. The van der Waals surface area contributed by atoms with Crippen molar-refractivity contribution >= 4 is 28.8 Å². The molecule has 0 aliphatic heterocycles. The Morgan fingerprint density at radius 3 is 2.89 bits per heavy atom. The lowest BCUT2D eigenvalue weighted by Gasteiger charge is -1.97. The number of pyridine rings is 1. The van der Waals surface area contributed by atoms with Gasteiger partial charge in [0, 0.05) is 11.8 Å². The summed E-state index contributed by atoms with van der Waals surface area (Å²) in [5.74, 6) is -0.187. The normalized spacial score (nSPS) is 10.9. The minimum atomic E-state index is -0.419. The minimum absolute atomic E-state index is 0.232. The van der Waals surface area contributed by atoms with Crippen molar-refractivity contribution in [1.82, 2.24) is 14.6 Å². The number of carbonyl (C=O) groups excluding carboxylic acids is 1. The van der Waals surface area contributed by atoms with Gasteiger partial charge in [-0.25, -0.2) is 4.52 Å². The summed E-state index contributed by atoms with van der Waals surface area (Å²) < 4.78 is 1.60. The third kappa shape index (κ3) is 1.70. The van der Waals surface area contributed by atoms with Crippen molar-refractivity contribution in [2.24, 2.45) is 5.73 Å². The van der Waals surface area contributed by atoms with E-state index in [1.165, 1.54) is 11.3 Å². The lowest BCUT2D eigenvalue weighted by Crippen LogP contribution is -2.08. The number of aromatic nitrogens is 3. The molecule has 6 nitrogen and oxygen atoms in total. The molecule has 0 unspecified atom stereocenters. The van der Waals surface area contributed by atoms with Crippen LogP contribution in [0.15, 0.2) is 29.8 Å². The van der Waals surface area contributed by atoms with E-state index >= 15 is 0 Å². The summed E-state index contributed by atoms with van der Waals surface area (Å²) in [4.78, 5) is 15.6. The molecule has 3 heterocycles. The Kier molecular flexibility index (Phi) is 2.27.